The van der Waals surface area contributed by atoms with Crippen LogP contribution in [-0.2, 0) is 6.54 Å². The lowest BCUT2D eigenvalue weighted by Crippen LogP contribution is -2.36. The molecule has 0 spiro atoms. The molecule has 1 aliphatic rings. The molecule has 0 bridgehead atoms. The molecular weight excluding hydrogens is 454 g/mol. The van der Waals surface area contributed by atoms with Gasteiger partial charge in [-0.05, 0) is 44.7 Å². The highest BCUT2D eigenvalue weighted by Crippen LogP contribution is 2.29. The molecule has 0 atom stereocenters. The van der Waals surface area contributed by atoms with Crippen LogP contribution in [0, 0.1) is 6.92 Å². The first kappa shape index (κ1) is 23.8. The molecule has 3 aromatic rings. The fourth-order valence-corrected chi connectivity index (χ4v) is 4.90. The number of thioether (sulfide) groups is 1. The lowest BCUT2D eigenvalue weighted by Gasteiger charge is -2.27. The van der Waals surface area contributed by atoms with Gasteiger partial charge in [-0.2, -0.15) is 0 Å². The third-order valence-corrected chi connectivity index (χ3v) is 6.77. The van der Waals surface area contributed by atoms with Crippen molar-refractivity contribution in [3.8, 4) is 5.69 Å². The summed E-state index contributed by atoms with van der Waals surface area (Å²) >= 11 is 1.19. The van der Waals surface area contributed by atoms with E-state index in [1.807, 2.05) is 42.7 Å². The summed E-state index contributed by atoms with van der Waals surface area (Å²) in [6, 6.07) is 8.04. The molecule has 180 valence electrons. The predicted molar refractivity (Wildman–Crippen MR) is 133 cm³/mol. The number of benzene rings is 1. The van der Waals surface area contributed by atoms with Crippen LogP contribution in [0.5, 0.6) is 0 Å². The molecule has 3 N–H and O–H groups in total. The molecule has 34 heavy (non-hydrogen) atoms. The normalized spacial score (nSPS) is 13.9. The molecule has 2 aromatic heterocycles. The highest BCUT2D eigenvalue weighted by molar-refractivity contribution is 7.99. The average molecular weight is 484 g/mol. The molecule has 0 unspecified atom stereocenters. The monoisotopic (exact) mass is 483 g/mol. The van der Waals surface area contributed by atoms with Gasteiger partial charge < -0.3 is 10.6 Å². The third kappa shape index (κ3) is 4.79. The van der Waals surface area contributed by atoms with Crippen LogP contribution in [-0.4, -0.2) is 48.9 Å². The van der Waals surface area contributed by atoms with Gasteiger partial charge in [0.1, 0.15) is 11.4 Å². The number of piperidine rings is 1. The minimum atomic E-state index is -0.769. The van der Waals surface area contributed by atoms with Gasteiger partial charge in [0.15, 0.2) is 10.9 Å². The second kappa shape index (κ2) is 10.3. The number of carbonyl (C=O) groups excluding carboxylic acids is 1. The maximum absolute atomic E-state index is 13.0. The van der Waals surface area contributed by atoms with E-state index in [1.165, 1.54) is 22.7 Å². The van der Waals surface area contributed by atoms with Gasteiger partial charge in [0.25, 0.3) is 5.56 Å². The SMILES string of the molecule is CCCn1c(N)c(C(=O)CSc2nnc(N3CCCCC3)n2-c2ccc(C)cc2)c(=O)[nH]c1=O. The van der Waals surface area contributed by atoms with Crippen LogP contribution in [0.1, 0.15) is 48.5 Å². The maximum atomic E-state index is 13.0. The Morgan fingerprint density at radius 1 is 1.12 bits per heavy atom. The van der Waals surface area contributed by atoms with Gasteiger partial charge in [0, 0.05) is 19.6 Å². The van der Waals surface area contributed by atoms with Gasteiger partial charge in [0.2, 0.25) is 5.95 Å². The molecule has 0 radical (unpaired) electrons. The van der Waals surface area contributed by atoms with Crippen LogP contribution in [0.15, 0.2) is 39.0 Å². The van der Waals surface area contributed by atoms with E-state index in [2.05, 4.69) is 20.1 Å². The summed E-state index contributed by atoms with van der Waals surface area (Å²) in [5.41, 5.74) is 6.51. The molecule has 4 rings (SSSR count). The van der Waals surface area contributed by atoms with Crippen LogP contribution >= 0.6 is 11.8 Å². The minimum absolute atomic E-state index is 0.0679. The van der Waals surface area contributed by atoms with Crippen molar-refractivity contribution in [3.63, 3.8) is 0 Å². The van der Waals surface area contributed by atoms with Crippen LogP contribution < -0.4 is 21.9 Å². The maximum Gasteiger partial charge on any atom is 0.329 e. The molecular formula is C23H29N7O3S. The fraction of sp³-hybridized carbons (Fsp3) is 0.435. The third-order valence-electron chi connectivity index (χ3n) is 5.85. The van der Waals surface area contributed by atoms with E-state index in [-0.39, 0.29) is 17.1 Å². The van der Waals surface area contributed by atoms with Crippen molar-refractivity contribution in [2.45, 2.75) is 51.2 Å². The average Bonchev–Trinajstić information content (AvgIpc) is 3.25. The van der Waals surface area contributed by atoms with Crippen molar-refractivity contribution in [2.24, 2.45) is 0 Å². The van der Waals surface area contributed by atoms with Crippen LogP contribution in [0.3, 0.4) is 0 Å². The van der Waals surface area contributed by atoms with Crippen molar-refractivity contribution in [2.75, 3.05) is 29.5 Å². The minimum Gasteiger partial charge on any atom is -0.384 e. The number of nitrogens with two attached hydrogens (primary N) is 1. The molecule has 0 saturated carbocycles. The molecule has 0 aliphatic carbocycles. The fourth-order valence-electron chi connectivity index (χ4n) is 4.08. The van der Waals surface area contributed by atoms with Gasteiger partial charge in [-0.1, -0.05) is 36.4 Å². The largest absolute Gasteiger partial charge is 0.384 e. The Morgan fingerprint density at radius 3 is 2.50 bits per heavy atom. The molecule has 3 heterocycles. The summed E-state index contributed by atoms with van der Waals surface area (Å²) in [6.07, 6.45) is 4.02. The number of nitrogen functional groups attached to an aromatic ring is 1. The molecule has 1 saturated heterocycles. The van der Waals surface area contributed by atoms with Crippen molar-refractivity contribution in [1.82, 2.24) is 24.3 Å². The predicted octanol–water partition coefficient (Wildman–Crippen LogP) is 2.38. The van der Waals surface area contributed by atoms with E-state index < -0.39 is 17.0 Å². The zero-order chi connectivity index (χ0) is 24.2. The molecule has 1 fully saturated rings. The van der Waals surface area contributed by atoms with E-state index in [0.29, 0.717) is 18.1 Å². The lowest BCUT2D eigenvalue weighted by atomic mass is 10.1. The van der Waals surface area contributed by atoms with Gasteiger partial charge in [-0.3, -0.25) is 23.7 Å². The summed E-state index contributed by atoms with van der Waals surface area (Å²) < 4.78 is 3.18. The summed E-state index contributed by atoms with van der Waals surface area (Å²) in [6.45, 7) is 6.02. The molecule has 10 nitrogen and oxygen atoms in total. The van der Waals surface area contributed by atoms with Gasteiger partial charge in [-0.25, -0.2) is 4.79 Å². The first-order valence-electron chi connectivity index (χ1n) is 11.5. The number of hydrogen-bond donors (Lipinski definition) is 2. The lowest BCUT2D eigenvalue weighted by molar-refractivity contribution is 0.102. The van der Waals surface area contributed by atoms with Crippen molar-refractivity contribution >= 4 is 29.3 Å². The summed E-state index contributed by atoms with van der Waals surface area (Å²) in [5, 5.41) is 9.37. The van der Waals surface area contributed by atoms with E-state index in [0.717, 1.165) is 43.1 Å². The standard InChI is InChI=1S/C23H29N7O3S/c1-3-11-29-19(24)18(20(32)25-22(29)33)17(31)14-34-23-27-26-21(28-12-5-4-6-13-28)30(23)16-9-7-15(2)8-10-16/h7-10H,3-6,11-14,24H2,1-2H3,(H,25,32,33). The van der Waals surface area contributed by atoms with E-state index in [4.69, 9.17) is 5.73 Å². The Morgan fingerprint density at radius 2 is 1.82 bits per heavy atom. The smallest absolute Gasteiger partial charge is 0.329 e. The summed E-state index contributed by atoms with van der Waals surface area (Å²) in [7, 11) is 0. The Labute approximate surface area is 201 Å². The number of nitrogens with zero attached hydrogens (tertiary/aromatic N) is 5. The highest BCUT2D eigenvalue weighted by atomic mass is 32.2. The first-order valence-corrected chi connectivity index (χ1v) is 12.4. The zero-order valence-electron chi connectivity index (χ0n) is 19.4. The Kier molecular flexibility index (Phi) is 7.20. The second-order valence-electron chi connectivity index (χ2n) is 8.38. The van der Waals surface area contributed by atoms with Crippen LogP contribution in [0.4, 0.5) is 11.8 Å². The Hall–Kier alpha value is -3.34. The van der Waals surface area contributed by atoms with E-state index in [9.17, 15) is 14.4 Å². The number of nitrogens with one attached hydrogen (secondary N) is 1. The topological polar surface area (TPSA) is 132 Å². The highest BCUT2D eigenvalue weighted by Gasteiger charge is 2.24. The molecule has 1 aliphatic heterocycles. The number of Topliss-reactive ketones (excluding diaryl/α,β-unsaturated/α-hetero) is 1. The number of hydrogen-bond acceptors (Lipinski definition) is 8. The summed E-state index contributed by atoms with van der Waals surface area (Å²) in [5.74, 6) is 0.107. The van der Waals surface area contributed by atoms with Crippen molar-refractivity contribution < 1.29 is 4.79 Å². The molecule has 11 heteroatoms. The quantitative estimate of drug-likeness (QED) is 0.369. The van der Waals surface area contributed by atoms with Gasteiger partial charge >= 0.3 is 5.69 Å². The number of carbonyl (C=O) groups is 1. The van der Waals surface area contributed by atoms with E-state index >= 15 is 0 Å². The zero-order valence-corrected chi connectivity index (χ0v) is 20.2. The van der Waals surface area contributed by atoms with Crippen molar-refractivity contribution in [1.29, 1.82) is 0 Å². The molecule has 1 aromatic carbocycles. The number of anilines is 2. The second-order valence-corrected chi connectivity index (χ2v) is 9.33. The number of ketones is 1. The molecule has 0 amide bonds. The van der Waals surface area contributed by atoms with Gasteiger partial charge in [0.05, 0.1) is 11.4 Å². The number of aromatic amines is 1. The Bertz CT molecular complexity index is 1290. The van der Waals surface area contributed by atoms with Crippen molar-refractivity contribution in [3.05, 3.63) is 56.2 Å². The van der Waals surface area contributed by atoms with Gasteiger partial charge in [-0.15, -0.1) is 10.2 Å². The number of rotatable bonds is 8. The van der Waals surface area contributed by atoms with Crippen LogP contribution in [0.2, 0.25) is 0 Å². The van der Waals surface area contributed by atoms with Crippen LogP contribution in [0.25, 0.3) is 5.69 Å². The summed E-state index contributed by atoms with van der Waals surface area (Å²) in [4.78, 5) is 41.9. The number of aromatic nitrogens is 5. The van der Waals surface area contributed by atoms with E-state index in [1.54, 1.807) is 0 Å². The number of aryl methyl sites for hydroxylation is 1. The first-order chi connectivity index (χ1) is 16.4. The number of H-pyrrole nitrogens is 1. The Balaban J connectivity index is 1.65.